The van der Waals surface area contributed by atoms with Crippen LogP contribution in [0.2, 0.25) is 0 Å². The van der Waals surface area contributed by atoms with Crippen molar-refractivity contribution in [1.29, 1.82) is 0 Å². The molecule has 1 nitrogen and oxygen atoms in total. The molecule has 28 heavy (non-hydrogen) atoms. The summed E-state index contributed by atoms with van der Waals surface area (Å²) in [5, 5.41) is 9.25. The summed E-state index contributed by atoms with van der Waals surface area (Å²) in [7, 11) is 0. The zero-order valence-corrected chi connectivity index (χ0v) is 19.2. The first kappa shape index (κ1) is 21.0. The van der Waals surface area contributed by atoms with Crippen LogP contribution in [-0.2, 0) is 0 Å². The minimum Gasteiger partial charge on any atom is -0.392 e. The van der Waals surface area contributed by atoms with E-state index < -0.39 is 0 Å². The van der Waals surface area contributed by atoms with E-state index in [1.807, 2.05) is 0 Å². The summed E-state index contributed by atoms with van der Waals surface area (Å²) >= 11 is 0. The smallest absolute Gasteiger partial charge is 0.0639 e. The molecule has 8 unspecified atom stereocenters. The van der Waals surface area contributed by atoms with Gasteiger partial charge in [0.1, 0.15) is 0 Å². The number of aliphatic hydroxyl groups is 1. The highest BCUT2D eigenvalue weighted by Gasteiger charge is 2.59. The Kier molecular flexibility index (Phi) is 6.05. The second kappa shape index (κ2) is 8.09. The van der Waals surface area contributed by atoms with Crippen LogP contribution in [0.25, 0.3) is 0 Å². The topological polar surface area (TPSA) is 20.2 Å². The van der Waals surface area contributed by atoms with Crippen molar-refractivity contribution in [2.75, 3.05) is 6.61 Å². The molecule has 0 spiro atoms. The lowest BCUT2D eigenvalue weighted by molar-refractivity contribution is -0.114. The van der Waals surface area contributed by atoms with Crippen LogP contribution in [0.1, 0.15) is 105 Å². The first-order valence-corrected chi connectivity index (χ1v) is 12.7. The molecule has 0 heterocycles. The van der Waals surface area contributed by atoms with Crippen molar-refractivity contribution in [3.05, 3.63) is 11.6 Å². The van der Waals surface area contributed by atoms with Crippen molar-refractivity contribution >= 4 is 0 Å². The van der Waals surface area contributed by atoms with Gasteiger partial charge in [0.05, 0.1) is 6.61 Å². The molecule has 0 aliphatic heterocycles. The van der Waals surface area contributed by atoms with E-state index >= 15 is 0 Å². The van der Waals surface area contributed by atoms with E-state index in [1.165, 1.54) is 64.2 Å². The lowest BCUT2D eigenvalue weighted by Gasteiger charge is -2.61. The monoisotopic (exact) mass is 386 g/mol. The van der Waals surface area contributed by atoms with Gasteiger partial charge in [-0.25, -0.2) is 0 Å². The van der Waals surface area contributed by atoms with Crippen molar-refractivity contribution in [1.82, 2.24) is 0 Å². The summed E-state index contributed by atoms with van der Waals surface area (Å²) in [5.41, 5.74) is 2.42. The van der Waals surface area contributed by atoms with Gasteiger partial charge in [-0.15, -0.1) is 0 Å². The van der Waals surface area contributed by atoms with Crippen LogP contribution in [0.5, 0.6) is 0 Å². The summed E-state index contributed by atoms with van der Waals surface area (Å²) < 4.78 is 0. The Hall–Kier alpha value is -0.300. The van der Waals surface area contributed by atoms with Crippen molar-refractivity contribution in [2.24, 2.45) is 46.3 Å². The molecule has 1 heteroatoms. The van der Waals surface area contributed by atoms with Crippen LogP contribution in [0.15, 0.2) is 11.6 Å². The number of aliphatic hydroxyl groups excluding tert-OH is 1. The largest absolute Gasteiger partial charge is 0.392 e. The minimum atomic E-state index is 0.223. The second-order valence-corrected chi connectivity index (χ2v) is 11.9. The highest BCUT2D eigenvalue weighted by Crippen LogP contribution is 2.68. The number of hydrogen-bond donors (Lipinski definition) is 1. The molecular formula is C27H46O. The molecule has 0 saturated heterocycles. The minimum absolute atomic E-state index is 0.223. The standard InChI is InChI=1S/C27H46O/c1-19(18-28)8-7-9-20(2)23-13-14-24-22-12-11-21-10-5-6-16-26(21,3)25(22)15-17-27(23,24)4/h8,20-25,28H,5-7,9-18H2,1-4H3/b19-8+. The van der Waals surface area contributed by atoms with Gasteiger partial charge in [-0.1, -0.05) is 45.3 Å². The normalized spacial score (nSPS) is 47.2. The van der Waals surface area contributed by atoms with Crippen molar-refractivity contribution in [2.45, 2.75) is 105 Å². The Balaban J connectivity index is 1.46. The predicted molar refractivity (Wildman–Crippen MR) is 119 cm³/mol. The van der Waals surface area contributed by atoms with Gasteiger partial charge in [0, 0.05) is 0 Å². The van der Waals surface area contributed by atoms with Gasteiger partial charge < -0.3 is 5.11 Å². The quantitative estimate of drug-likeness (QED) is 0.488. The van der Waals surface area contributed by atoms with Crippen LogP contribution in [0.3, 0.4) is 0 Å². The summed E-state index contributed by atoms with van der Waals surface area (Å²) in [4.78, 5) is 0. The first-order valence-electron chi connectivity index (χ1n) is 12.7. The maximum absolute atomic E-state index is 9.25. The average Bonchev–Trinajstić information content (AvgIpc) is 3.04. The number of hydrogen-bond acceptors (Lipinski definition) is 1. The summed E-state index contributed by atoms with van der Waals surface area (Å²) in [6, 6.07) is 0. The molecule has 0 aromatic carbocycles. The third-order valence-electron chi connectivity index (χ3n) is 10.7. The summed E-state index contributed by atoms with van der Waals surface area (Å²) in [6.45, 7) is 10.2. The molecule has 0 radical (unpaired) electrons. The van der Waals surface area contributed by atoms with Crippen molar-refractivity contribution < 1.29 is 5.11 Å². The molecule has 8 atom stereocenters. The summed E-state index contributed by atoms with van der Waals surface area (Å²) in [6.07, 6.45) is 19.9. The van der Waals surface area contributed by atoms with Gasteiger partial charge >= 0.3 is 0 Å². The molecule has 4 rings (SSSR count). The maximum atomic E-state index is 9.25. The Labute approximate surface area is 174 Å². The van der Waals surface area contributed by atoms with E-state index in [2.05, 4.69) is 33.8 Å². The average molecular weight is 387 g/mol. The Morgan fingerprint density at radius 1 is 0.964 bits per heavy atom. The SMILES string of the molecule is C/C(=C\CCC(C)C1CCC2C3CCC4CCCCC4(C)C3CCC12C)CO. The molecule has 0 amide bonds. The van der Waals surface area contributed by atoms with E-state index in [4.69, 9.17) is 0 Å². The Bertz CT molecular complexity index is 579. The number of rotatable bonds is 5. The van der Waals surface area contributed by atoms with Crippen molar-refractivity contribution in [3.63, 3.8) is 0 Å². The molecule has 4 saturated carbocycles. The van der Waals surface area contributed by atoms with Crippen LogP contribution in [0, 0.1) is 46.3 Å². The third-order valence-corrected chi connectivity index (χ3v) is 10.7. The second-order valence-electron chi connectivity index (χ2n) is 11.9. The Morgan fingerprint density at radius 2 is 1.75 bits per heavy atom. The number of fused-ring (bicyclic) bond motifs is 5. The molecule has 0 aromatic heterocycles. The van der Waals surface area contributed by atoms with Gasteiger partial charge in [-0.3, -0.25) is 0 Å². The van der Waals surface area contributed by atoms with Crippen LogP contribution < -0.4 is 0 Å². The maximum Gasteiger partial charge on any atom is 0.0639 e. The van der Waals surface area contributed by atoms with Crippen LogP contribution in [0.4, 0.5) is 0 Å². The fraction of sp³-hybridized carbons (Fsp3) is 0.926. The predicted octanol–water partition coefficient (Wildman–Crippen LogP) is 7.39. The Morgan fingerprint density at radius 3 is 2.54 bits per heavy atom. The molecule has 0 bridgehead atoms. The molecule has 4 aliphatic rings. The van der Waals surface area contributed by atoms with E-state index in [0.717, 1.165) is 47.5 Å². The van der Waals surface area contributed by atoms with E-state index in [-0.39, 0.29) is 6.61 Å². The fourth-order valence-corrected chi connectivity index (χ4v) is 9.13. The molecule has 4 aliphatic carbocycles. The zero-order chi connectivity index (χ0) is 19.9. The highest BCUT2D eigenvalue weighted by molar-refractivity contribution is 5.09. The molecule has 1 N–H and O–H groups in total. The third kappa shape index (κ3) is 3.42. The zero-order valence-electron chi connectivity index (χ0n) is 19.2. The van der Waals surface area contributed by atoms with Crippen LogP contribution in [-0.4, -0.2) is 11.7 Å². The van der Waals surface area contributed by atoms with Gasteiger partial charge in [-0.2, -0.15) is 0 Å². The lowest BCUT2D eigenvalue weighted by atomic mass is 9.44. The van der Waals surface area contributed by atoms with Gasteiger partial charge in [0.2, 0.25) is 0 Å². The molecule has 4 fully saturated rings. The van der Waals surface area contributed by atoms with Gasteiger partial charge in [-0.05, 0) is 117 Å². The van der Waals surface area contributed by atoms with E-state index in [9.17, 15) is 5.11 Å². The van der Waals surface area contributed by atoms with Gasteiger partial charge in [0.25, 0.3) is 0 Å². The molecular weight excluding hydrogens is 340 g/mol. The molecule has 160 valence electrons. The van der Waals surface area contributed by atoms with Crippen LogP contribution >= 0.6 is 0 Å². The fourth-order valence-electron chi connectivity index (χ4n) is 9.13. The molecule has 0 aromatic rings. The lowest BCUT2D eigenvalue weighted by Crippen LogP contribution is -2.53. The first-order chi connectivity index (χ1) is 13.4. The van der Waals surface area contributed by atoms with E-state index in [0.29, 0.717) is 10.8 Å². The van der Waals surface area contributed by atoms with Crippen molar-refractivity contribution in [3.8, 4) is 0 Å². The highest BCUT2D eigenvalue weighted by atomic mass is 16.3. The number of allylic oxidation sites excluding steroid dienone is 1. The van der Waals surface area contributed by atoms with E-state index in [1.54, 1.807) is 6.42 Å². The summed E-state index contributed by atoms with van der Waals surface area (Å²) in [5.74, 6) is 5.88. The van der Waals surface area contributed by atoms with Gasteiger partial charge in [0.15, 0.2) is 0 Å².